The van der Waals surface area contributed by atoms with Crippen LogP contribution in [-0.4, -0.2) is 9.03 Å². The van der Waals surface area contributed by atoms with Crippen LogP contribution >= 0.6 is 22.6 Å². The van der Waals surface area contributed by atoms with Gasteiger partial charge in [0.15, 0.2) is 0 Å². The monoisotopic (exact) mass is 302 g/mol. The van der Waals surface area contributed by atoms with Crippen LogP contribution in [0.5, 0.6) is 0 Å². The highest BCUT2D eigenvalue weighted by Gasteiger charge is 2.40. The molecule has 1 aliphatic rings. The molecule has 2 rings (SSSR count). The molecule has 1 aromatic rings. The van der Waals surface area contributed by atoms with Crippen LogP contribution in [0.3, 0.4) is 0 Å². The van der Waals surface area contributed by atoms with Gasteiger partial charge in [0.25, 0.3) is 0 Å². The van der Waals surface area contributed by atoms with Gasteiger partial charge in [0.2, 0.25) is 0 Å². The van der Waals surface area contributed by atoms with Crippen molar-refractivity contribution >= 4 is 22.6 Å². The molecule has 1 fully saturated rings. The predicted octanol–water partition coefficient (Wildman–Crippen LogP) is 3.17. The first-order valence-electron chi connectivity index (χ1n) is 5.06. The number of aliphatic hydroxyl groups is 1. The van der Waals surface area contributed by atoms with Crippen molar-refractivity contribution in [3.8, 4) is 0 Å². The van der Waals surface area contributed by atoms with Gasteiger partial charge in [0, 0.05) is 3.92 Å². The molecule has 14 heavy (non-hydrogen) atoms. The van der Waals surface area contributed by atoms with Crippen LogP contribution in [0.25, 0.3) is 0 Å². The van der Waals surface area contributed by atoms with Crippen molar-refractivity contribution in [1.29, 1.82) is 0 Å². The first kappa shape index (κ1) is 10.4. The Hall–Kier alpha value is -0.0900. The van der Waals surface area contributed by atoms with E-state index < -0.39 is 5.60 Å². The molecule has 2 atom stereocenters. The standard InChI is InChI=1S/C12H15IO/c1-9-4-6-10(7-5-9)12(14)8-2-3-11(12)13/h4-7,11,14H,2-3,8H2,1H3. The quantitative estimate of drug-likeness (QED) is 0.624. The molecule has 76 valence electrons. The molecule has 2 heteroatoms. The number of aryl methyl sites for hydroxylation is 1. The van der Waals surface area contributed by atoms with E-state index in [4.69, 9.17) is 0 Å². The second-order valence-corrected chi connectivity index (χ2v) is 5.65. The van der Waals surface area contributed by atoms with E-state index >= 15 is 0 Å². The highest BCUT2D eigenvalue weighted by Crippen LogP contribution is 2.43. The fourth-order valence-electron chi connectivity index (χ4n) is 2.11. The first-order chi connectivity index (χ1) is 6.63. The Balaban J connectivity index is 2.34. The molecule has 0 spiro atoms. The predicted molar refractivity (Wildman–Crippen MR) is 66.7 cm³/mol. The van der Waals surface area contributed by atoms with E-state index in [2.05, 4.69) is 53.8 Å². The van der Waals surface area contributed by atoms with Crippen LogP contribution in [0, 0.1) is 6.92 Å². The van der Waals surface area contributed by atoms with Gasteiger partial charge < -0.3 is 5.11 Å². The zero-order valence-electron chi connectivity index (χ0n) is 8.33. The average Bonchev–Trinajstić information content (AvgIpc) is 2.49. The second kappa shape index (κ2) is 3.81. The highest BCUT2D eigenvalue weighted by atomic mass is 127. The van der Waals surface area contributed by atoms with Crippen molar-refractivity contribution in [3.63, 3.8) is 0 Å². The number of halogens is 1. The summed E-state index contributed by atoms with van der Waals surface area (Å²) in [5.74, 6) is 0. The number of hydrogen-bond donors (Lipinski definition) is 1. The van der Waals surface area contributed by atoms with Crippen LogP contribution in [0.4, 0.5) is 0 Å². The number of hydrogen-bond acceptors (Lipinski definition) is 1. The second-order valence-electron chi connectivity index (χ2n) is 4.15. The van der Waals surface area contributed by atoms with E-state index in [1.165, 1.54) is 5.56 Å². The summed E-state index contributed by atoms with van der Waals surface area (Å²) in [4.78, 5) is 0. The summed E-state index contributed by atoms with van der Waals surface area (Å²) in [7, 11) is 0. The Labute approximate surface area is 98.7 Å². The molecule has 0 aliphatic heterocycles. The van der Waals surface area contributed by atoms with Crippen molar-refractivity contribution in [2.24, 2.45) is 0 Å². The Morgan fingerprint density at radius 1 is 1.36 bits per heavy atom. The van der Waals surface area contributed by atoms with E-state index in [1.54, 1.807) is 0 Å². The van der Waals surface area contributed by atoms with Crippen LogP contribution < -0.4 is 0 Å². The maximum absolute atomic E-state index is 10.5. The van der Waals surface area contributed by atoms with Crippen molar-refractivity contribution < 1.29 is 5.11 Å². The third-order valence-electron chi connectivity index (χ3n) is 3.09. The van der Waals surface area contributed by atoms with Gasteiger partial charge >= 0.3 is 0 Å². The van der Waals surface area contributed by atoms with Gasteiger partial charge in [-0.25, -0.2) is 0 Å². The summed E-state index contributed by atoms with van der Waals surface area (Å²) in [6, 6.07) is 8.28. The summed E-state index contributed by atoms with van der Waals surface area (Å²) in [6.45, 7) is 2.07. The molecule has 1 nitrogen and oxygen atoms in total. The van der Waals surface area contributed by atoms with Gasteiger partial charge in [0.1, 0.15) is 5.60 Å². The van der Waals surface area contributed by atoms with E-state index in [0.29, 0.717) is 3.92 Å². The molecule has 0 bridgehead atoms. The summed E-state index contributed by atoms with van der Waals surface area (Å²) < 4.78 is 0.364. The smallest absolute Gasteiger partial charge is 0.101 e. The van der Waals surface area contributed by atoms with E-state index in [-0.39, 0.29) is 0 Å². The van der Waals surface area contributed by atoms with Crippen molar-refractivity contribution in [3.05, 3.63) is 35.4 Å². The van der Waals surface area contributed by atoms with Gasteiger partial charge in [-0.3, -0.25) is 0 Å². The van der Waals surface area contributed by atoms with Gasteiger partial charge in [-0.1, -0.05) is 52.4 Å². The Morgan fingerprint density at radius 3 is 2.50 bits per heavy atom. The molecule has 1 aromatic carbocycles. The van der Waals surface area contributed by atoms with Crippen LogP contribution in [-0.2, 0) is 5.60 Å². The molecule has 0 heterocycles. The minimum absolute atomic E-state index is 0.364. The van der Waals surface area contributed by atoms with E-state index in [1.807, 2.05) is 0 Å². The van der Waals surface area contributed by atoms with E-state index in [0.717, 1.165) is 24.8 Å². The summed E-state index contributed by atoms with van der Waals surface area (Å²) in [5.41, 5.74) is 1.76. The van der Waals surface area contributed by atoms with Gasteiger partial charge in [-0.05, 0) is 31.7 Å². The molecule has 0 aromatic heterocycles. The largest absolute Gasteiger partial charge is 0.384 e. The Kier molecular flexibility index (Phi) is 2.84. The van der Waals surface area contributed by atoms with Crippen LogP contribution in [0.1, 0.15) is 30.4 Å². The third kappa shape index (κ3) is 1.70. The molecule has 0 amide bonds. The summed E-state index contributed by atoms with van der Waals surface area (Å²) in [6.07, 6.45) is 3.17. The average molecular weight is 302 g/mol. The lowest BCUT2D eigenvalue weighted by Gasteiger charge is -2.27. The number of alkyl halides is 1. The van der Waals surface area contributed by atoms with Crippen molar-refractivity contribution in [2.75, 3.05) is 0 Å². The molecular formula is C12H15IO. The molecular weight excluding hydrogens is 287 g/mol. The van der Waals surface area contributed by atoms with Crippen LogP contribution in [0.2, 0.25) is 0 Å². The zero-order chi connectivity index (χ0) is 10.2. The molecule has 0 radical (unpaired) electrons. The Bertz CT molecular complexity index is 320. The summed E-state index contributed by atoms with van der Waals surface area (Å²) in [5, 5.41) is 10.5. The molecule has 1 saturated carbocycles. The molecule has 1 N–H and O–H groups in total. The summed E-state index contributed by atoms with van der Waals surface area (Å²) >= 11 is 2.37. The minimum Gasteiger partial charge on any atom is -0.384 e. The number of benzene rings is 1. The third-order valence-corrected chi connectivity index (χ3v) is 4.74. The maximum atomic E-state index is 10.5. The highest BCUT2D eigenvalue weighted by molar-refractivity contribution is 14.1. The number of rotatable bonds is 1. The van der Waals surface area contributed by atoms with Gasteiger partial charge in [0.05, 0.1) is 0 Å². The fourth-order valence-corrected chi connectivity index (χ4v) is 3.22. The van der Waals surface area contributed by atoms with Crippen LogP contribution in [0.15, 0.2) is 24.3 Å². The lowest BCUT2D eigenvalue weighted by Crippen LogP contribution is -2.30. The van der Waals surface area contributed by atoms with Crippen molar-refractivity contribution in [2.45, 2.75) is 35.7 Å². The van der Waals surface area contributed by atoms with E-state index in [9.17, 15) is 5.11 Å². The minimum atomic E-state index is -0.575. The molecule has 0 saturated heterocycles. The van der Waals surface area contributed by atoms with Gasteiger partial charge in [-0.15, -0.1) is 0 Å². The molecule has 1 aliphatic carbocycles. The topological polar surface area (TPSA) is 20.2 Å². The first-order valence-corrected chi connectivity index (χ1v) is 6.31. The van der Waals surface area contributed by atoms with Crippen molar-refractivity contribution in [1.82, 2.24) is 0 Å². The Morgan fingerprint density at radius 2 is 2.00 bits per heavy atom. The fraction of sp³-hybridized carbons (Fsp3) is 0.500. The lowest BCUT2D eigenvalue weighted by atomic mass is 9.92. The normalized spacial score (nSPS) is 32.1. The SMILES string of the molecule is Cc1ccc(C2(O)CCCC2I)cc1. The molecule has 2 unspecified atom stereocenters. The maximum Gasteiger partial charge on any atom is 0.101 e. The zero-order valence-corrected chi connectivity index (χ0v) is 10.5. The lowest BCUT2D eigenvalue weighted by molar-refractivity contribution is 0.0540. The van der Waals surface area contributed by atoms with Gasteiger partial charge in [-0.2, -0.15) is 0 Å².